The van der Waals surface area contributed by atoms with E-state index in [9.17, 15) is 8.42 Å². The highest BCUT2D eigenvalue weighted by Crippen LogP contribution is 2.27. The summed E-state index contributed by atoms with van der Waals surface area (Å²) >= 11 is 0. The van der Waals surface area contributed by atoms with E-state index in [0.29, 0.717) is 24.9 Å². The van der Waals surface area contributed by atoms with Gasteiger partial charge in [-0.15, -0.1) is 10.2 Å². The molecule has 1 fully saturated rings. The van der Waals surface area contributed by atoms with Gasteiger partial charge in [-0.2, -0.15) is 0 Å². The van der Waals surface area contributed by atoms with E-state index in [2.05, 4.69) is 10.2 Å². The molecule has 0 spiro atoms. The molecule has 0 unspecified atom stereocenters. The smallest absolute Gasteiger partial charge is 0.296 e. The van der Waals surface area contributed by atoms with Gasteiger partial charge in [0.2, 0.25) is 0 Å². The summed E-state index contributed by atoms with van der Waals surface area (Å²) in [5.41, 5.74) is 0. The molecule has 0 aromatic carbocycles. The van der Waals surface area contributed by atoms with E-state index in [-0.39, 0.29) is 5.16 Å². The Morgan fingerprint density at radius 3 is 2.62 bits per heavy atom. The van der Waals surface area contributed by atoms with Gasteiger partial charge < -0.3 is 4.74 Å². The van der Waals surface area contributed by atoms with Crippen LogP contribution in [0.15, 0.2) is 5.16 Å². The van der Waals surface area contributed by atoms with Crippen molar-refractivity contribution in [1.29, 1.82) is 0 Å². The monoisotopic (exact) mass is 335 g/mol. The number of aryl methyl sites for hydroxylation is 1. The summed E-state index contributed by atoms with van der Waals surface area (Å²) in [4.78, 5) is 0. The number of rotatable bonds is 7. The number of hydrogen-bond acceptors (Lipinski definition) is 5. The van der Waals surface area contributed by atoms with Crippen molar-refractivity contribution in [2.45, 2.75) is 56.6 Å². The maximum Gasteiger partial charge on any atom is 0.296 e. The van der Waals surface area contributed by atoms with Crippen LogP contribution in [0.25, 0.3) is 0 Å². The van der Waals surface area contributed by atoms with E-state index >= 15 is 0 Å². The minimum Gasteiger partial charge on any atom is -0.383 e. The second-order valence-electron chi connectivity index (χ2n) is 5.52. The van der Waals surface area contributed by atoms with Crippen molar-refractivity contribution in [2.24, 2.45) is 5.92 Å². The molecule has 0 amide bonds. The Labute approximate surface area is 130 Å². The summed E-state index contributed by atoms with van der Waals surface area (Å²) in [6.07, 6.45) is 8.18. The lowest BCUT2D eigenvalue weighted by molar-refractivity contribution is 0.183. The number of aromatic nitrogens is 3. The minimum atomic E-state index is -3.88. The first-order valence-electron chi connectivity index (χ1n) is 7.38. The van der Waals surface area contributed by atoms with Crippen molar-refractivity contribution < 1.29 is 13.2 Å². The van der Waals surface area contributed by atoms with Crippen LogP contribution >= 0.6 is 10.7 Å². The van der Waals surface area contributed by atoms with Gasteiger partial charge in [-0.1, -0.05) is 32.1 Å². The van der Waals surface area contributed by atoms with E-state index in [1.807, 2.05) is 0 Å². The molecule has 1 aliphatic carbocycles. The summed E-state index contributed by atoms with van der Waals surface area (Å²) < 4.78 is 29.7. The van der Waals surface area contributed by atoms with Crippen LogP contribution in [0.1, 0.15) is 44.3 Å². The fraction of sp³-hybridized carbons (Fsp3) is 0.846. The SMILES string of the molecule is COCCn1c(CCC2CCCCC2)nnc1S(=O)(=O)Cl. The second kappa shape index (κ2) is 7.56. The highest BCUT2D eigenvalue weighted by atomic mass is 35.7. The van der Waals surface area contributed by atoms with Crippen LogP contribution in [-0.4, -0.2) is 36.9 Å². The molecular formula is C13H22ClN3O3S. The van der Waals surface area contributed by atoms with Crippen molar-refractivity contribution in [3.05, 3.63) is 5.82 Å². The zero-order chi connectivity index (χ0) is 15.3. The lowest BCUT2D eigenvalue weighted by atomic mass is 9.86. The van der Waals surface area contributed by atoms with Crippen LogP contribution in [0, 0.1) is 5.92 Å². The lowest BCUT2D eigenvalue weighted by Crippen LogP contribution is -2.15. The summed E-state index contributed by atoms with van der Waals surface area (Å²) in [5.74, 6) is 1.39. The summed E-state index contributed by atoms with van der Waals surface area (Å²) in [7, 11) is 3.10. The maximum atomic E-state index is 11.5. The Morgan fingerprint density at radius 2 is 2.00 bits per heavy atom. The van der Waals surface area contributed by atoms with Gasteiger partial charge in [0.1, 0.15) is 5.82 Å². The first kappa shape index (κ1) is 16.7. The van der Waals surface area contributed by atoms with Crippen molar-refractivity contribution in [3.8, 4) is 0 Å². The van der Waals surface area contributed by atoms with E-state index in [4.69, 9.17) is 15.4 Å². The van der Waals surface area contributed by atoms with Crippen molar-refractivity contribution in [3.63, 3.8) is 0 Å². The molecule has 21 heavy (non-hydrogen) atoms. The molecule has 1 aromatic heterocycles. The first-order valence-corrected chi connectivity index (χ1v) is 9.69. The fourth-order valence-corrected chi connectivity index (χ4v) is 3.84. The van der Waals surface area contributed by atoms with Gasteiger partial charge in [0.05, 0.1) is 6.61 Å². The molecule has 2 rings (SSSR count). The Morgan fingerprint density at radius 1 is 1.29 bits per heavy atom. The summed E-state index contributed by atoms with van der Waals surface area (Å²) in [6.45, 7) is 0.790. The highest BCUT2D eigenvalue weighted by Gasteiger charge is 2.23. The Balaban J connectivity index is 2.08. The average Bonchev–Trinajstić information content (AvgIpc) is 2.87. The topological polar surface area (TPSA) is 74.1 Å². The number of nitrogens with zero attached hydrogens (tertiary/aromatic N) is 3. The predicted molar refractivity (Wildman–Crippen MR) is 79.8 cm³/mol. The Hall–Kier alpha value is -0.660. The zero-order valence-corrected chi connectivity index (χ0v) is 13.9. The molecule has 0 atom stereocenters. The van der Waals surface area contributed by atoms with Crippen LogP contribution in [0.2, 0.25) is 0 Å². The normalized spacial score (nSPS) is 17.2. The van der Waals surface area contributed by atoms with Gasteiger partial charge in [0.25, 0.3) is 14.2 Å². The Bertz CT molecular complexity index is 553. The minimum absolute atomic E-state index is 0.181. The third-order valence-electron chi connectivity index (χ3n) is 4.03. The molecule has 0 bridgehead atoms. The fourth-order valence-electron chi connectivity index (χ4n) is 2.90. The quantitative estimate of drug-likeness (QED) is 0.715. The number of hydrogen-bond donors (Lipinski definition) is 0. The molecule has 6 nitrogen and oxygen atoms in total. The second-order valence-corrected chi connectivity index (χ2v) is 7.98. The molecule has 0 aliphatic heterocycles. The van der Waals surface area contributed by atoms with Crippen molar-refractivity contribution in [2.75, 3.05) is 13.7 Å². The Kier molecular flexibility index (Phi) is 6.01. The molecule has 1 heterocycles. The van der Waals surface area contributed by atoms with Crippen LogP contribution in [-0.2, 0) is 26.8 Å². The first-order chi connectivity index (χ1) is 10.0. The van der Waals surface area contributed by atoms with Gasteiger partial charge in [-0.3, -0.25) is 4.57 Å². The van der Waals surface area contributed by atoms with Crippen LogP contribution in [0.3, 0.4) is 0 Å². The highest BCUT2D eigenvalue weighted by molar-refractivity contribution is 8.13. The molecule has 1 saturated carbocycles. The van der Waals surface area contributed by atoms with Gasteiger partial charge in [0.15, 0.2) is 0 Å². The molecule has 120 valence electrons. The van der Waals surface area contributed by atoms with Gasteiger partial charge in [-0.25, -0.2) is 8.42 Å². The van der Waals surface area contributed by atoms with E-state index in [1.54, 1.807) is 11.7 Å². The number of halogens is 1. The van der Waals surface area contributed by atoms with Crippen molar-refractivity contribution in [1.82, 2.24) is 14.8 Å². The van der Waals surface area contributed by atoms with Gasteiger partial charge >= 0.3 is 0 Å². The van der Waals surface area contributed by atoms with Crippen LogP contribution < -0.4 is 0 Å². The zero-order valence-electron chi connectivity index (χ0n) is 12.3. The van der Waals surface area contributed by atoms with Crippen LogP contribution in [0.4, 0.5) is 0 Å². The average molecular weight is 336 g/mol. The summed E-state index contributed by atoms with van der Waals surface area (Å²) in [5, 5.41) is 7.57. The largest absolute Gasteiger partial charge is 0.383 e. The number of methoxy groups -OCH3 is 1. The standard InChI is InChI=1S/C13H22ClN3O3S/c1-20-10-9-17-12(15-16-13(17)21(14,18)19)8-7-11-5-3-2-4-6-11/h11H,2-10H2,1H3. The number of ether oxygens (including phenoxy) is 1. The summed E-state index contributed by atoms with van der Waals surface area (Å²) in [6, 6.07) is 0. The molecule has 1 aliphatic rings. The van der Waals surface area contributed by atoms with E-state index in [1.165, 1.54) is 32.1 Å². The van der Waals surface area contributed by atoms with Gasteiger partial charge in [-0.05, 0) is 12.3 Å². The molecule has 0 saturated heterocycles. The third kappa shape index (κ3) is 4.66. The molecular weight excluding hydrogens is 314 g/mol. The maximum absolute atomic E-state index is 11.5. The van der Waals surface area contributed by atoms with Crippen molar-refractivity contribution >= 4 is 19.7 Å². The molecule has 0 N–H and O–H groups in total. The van der Waals surface area contributed by atoms with Gasteiger partial charge in [0, 0.05) is 30.8 Å². The molecule has 1 aromatic rings. The third-order valence-corrected chi connectivity index (χ3v) is 5.18. The van der Waals surface area contributed by atoms with Crippen LogP contribution in [0.5, 0.6) is 0 Å². The van der Waals surface area contributed by atoms with E-state index < -0.39 is 9.05 Å². The molecule has 8 heteroatoms. The van der Waals surface area contributed by atoms with E-state index in [0.717, 1.165) is 12.8 Å². The predicted octanol–water partition coefficient (Wildman–Crippen LogP) is 2.36. The molecule has 0 radical (unpaired) electrons. The lowest BCUT2D eigenvalue weighted by Gasteiger charge is -2.21.